The molecule has 0 saturated carbocycles. The van der Waals surface area contributed by atoms with Crippen LogP contribution in [0.2, 0.25) is 0 Å². The molecule has 0 aromatic carbocycles. The molecular formula is C15H22N2O3. The molecule has 1 amide bonds. The van der Waals surface area contributed by atoms with E-state index in [9.17, 15) is 4.79 Å². The summed E-state index contributed by atoms with van der Waals surface area (Å²) < 4.78 is 11.1. The van der Waals surface area contributed by atoms with Crippen LogP contribution in [0.4, 0.5) is 0 Å². The highest BCUT2D eigenvalue weighted by molar-refractivity contribution is 5.95. The van der Waals surface area contributed by atoms with Crippen LogP contribution in [0.3, 0.4) is 0 Å². The van der Waals surface area contributed by atoms with Crippen LogP contribution in [0.1, 0.15) is 35.2 Å². The predicted molar refractivity (Wildman–Crippen MR) is 74.8 cm³/mol. The quantitative estimate of drug-likeness (QED) is 0.890. The van der Waals surface area contributed by atoms with E-state index in [2.05, 4.69) is 17.1 Å². The van der Waals surface area contributed by atoms with Gasteiger partial charge in [-0.3, -0.25) is 9.69 Å². The topological polar surface area (TPSA) is 54.7 Å². The first-order chi connectivity index (χ1) is 9.52. The van der Waals surface area contributed by atoms with Crippen molar-refractivity contribution in [3.8, 4) is 0 Å². The molecule has 0 bridgehead atoms. The minimum Gasteiger partial charge on any atom is -0.466 e. The number of furan rings is 1. The van der Waals surface area contributed by atoms with Crippen molar-refractivity contribution < 1.29 is 13.9 Å². The van der Waals surface area contributed by atoms with Gasteiger partial charge < -0.3 is 14.5 Å². The third-order valence-electron chi connectivity index (χ3n) is 4.21. The number of carbonyl (C=O) groups excluding carboxylic acids is 1. The molecule has 0 radical (unpaired) electrons. The highest BCUT2D eigenvalue weighted by Gasteiger charge is 2.37. The molecule has 5 heteroatoms. The van der Waals surface area contributed by atoms with Gasteiger partial charge in [-0.1, -0.05) is 0 Å². The minimum absolute atomic E-state index is 0.0295. The number of rotatable bonds is 2. The lowest BCUT2D eigenvalue weighted by atomic mass is 10.1. The molecule has 2 aliphatic rings. The van der Waals surface area contributed by atoms with Gasteiger partial charge in [0.15, 0.2) is 0 Å². The van der Waals surface area contributed by atoms with Crippen molar-refractivity contribution in [1.29, 1.82) is 0 Å². The van der Waals surface area contributed by atoms with Crippen LogP contribution in [0.25, 0.3) is 0 Å². The number of aryl methyl sites for hydroxylation is 2. The van der Waals surface area contributed by atoms with Crippen LogP contribution in [0, 0.1) is 13.8 Å². The normalized spacial score (nSPS) is 30.2. The standard InChI is InChI=1S/C15H22N2O3/c1-9-4-14(11(3)20-9)15(18)16-12-5-13-8-19-10(2)6-17(13)7-12/h4,10,12-13H,5-8H2,1-3H3,(H,16,18)/t10-,12-,13-/m0/s1. The lowest BCUT2D eigenvalue weighted by Crippen LogP contribution is -2.45. The largest absolute Gasteiger partial charge is 0.466 e. The summed E-state index contributed by atoms with van der Waals surface area (Å²) in [7, 11) is 0. The average Bonchev–Trinajstić information content (AvgIpc) is 2.91. The molecule has 1 aromatic heterocycles. The Bertz CT molecular complexity index is 511. The summed E-state index contributed by atoms with van der Waals surface area (Å²) in [6.45, 7) is 8.44. The summed E-state index contributed by atoms with van der Waals surface area (Å²) in [5, 5.41) is 3.12. The molecule has 3 rings (SSSR count). The predicted octanol–water partition coefficient (Wildman–Crippen LogP) is 1.49. The van der Waals surface area contributed by atoms with Gasteiger partial charge in [0.2, 0.25) is 0 Å². The SMILES string of the molecule is Cc1cc(C(=O)N[C@H]2C[C@H]3CO[C@@H](C)CN3C2)c(C)o1. The van der Waals surface area contributed by atoms with E-state index in [0.29, 0.717) is 23.5 Å². The second-order valence-corrected chi connectivity index (χ2v) is 5.98. The molecule has 5 nitrogen and oxygen atoms in total. The molecule has 3 heterocycles. The van der Waals surface area contributed by atoms with E-state index in [1.165, 1.54) is 0 Å². The molecule has 0 spiro atoms. The number of hydrogen-bond donors (Lipinski definition) is 1. The molecule has 2 aliphatic heterocycles. The zero-order valence-electron chi connectivity index (χ0n) is 12.3. The minimum atomic E-state index is -0.0295. The van der Waals surface area contributed by atoms with Crippen molar-refractivity contribution in [3.63, 3.8) is 0 Å². The summed E-state index contributed by atoms with van der Waals surface area (Å²) in [6, 6.07) is 2.46. The number of fused-ring (bicyclic) bond motifs is 1. The van der Waals surface area contributed by atoms with Gasteiger partial charge in [-0.15, -0.1) is 0 Å². The van der Waals surface area contributed by atoms with Crippen molar-refractivity contribution in [1.82, 2.24) is 10.2 Å². The fraction of sp³-hybridized carbons (Fsp3) is 0.667. The number of ether oxygens (including phenoxy) is 1. The van der Waals surface area contributed by atoms with E-state index < -0.39 is 0 Å². The number of amides is 1. The number of carbonyl (C=O) groups is 1. The van der Waals surface area contributed by atoms with Crippen LogP contribution in [0.15, 0.2) is 10.5 Å². The Labute approximate surface area is 119 Å². The second-order valence-electron chi connectivity index (χ2n) is 5.98. The van der Waals surface area contributed by atoms with Gasteiger partial charge in [0.1, 0.15) is 11.5 Å². The highest BCUT2D eigenvalue weighted by atomic mass is 16.5. The van der Waals surface area contributed by atoms with Crippen molar-refractivity contribution in [2.75, 3.05) is 19.7 Å². The Morgan fingerprint density at radius 2 is 2.20 bits per heavy atom. The van der Waals surface area contributed by atoms with Gasteiger partial charge in [0.25, 0.3) is 5.91 Å². The zero-order chi connectivity index (χ0) is 14.3. The number of nitrogens with zero attached hydrogens (tertiary/aromatic N) is 1. The third-order valence-corrected chi connectivity index (χ3v) is 4.21. The third kappa shape index (κ3) is 2.60. The van der Waals surface area contributed by atoms with E-state index in [1.54, 1.807) is 6.07 Å². The molecule has 1 N–H and O–H groups in total. The summed E-state index contributed by atoms with van der Waals surface area (Å²) in [6.07, 6.45) is 1.26. The van der Waals surface area contributed by atoms with Crippen LogP contribution >= 0.6 is 0 Å². The first-order valence-corrected chi connectivity index (χ1v) is 7.26. The molecule has 20 heavy (non-hydrogen) atoms. The maximum absolute atomic E-state index is 12.3. The second kappa shape index (κ2) is 5.22. The monoisotopic (exact) mass is 278 g/mol. The maximum Gasteiger partial charge on any atom is 0.255 e. The Kier molecular flexibility index (Phi) is 3.56. The summed E-state index contributed by atoms with van der Waals surface area (Å²) in [5.74, 6) is 1.43. The number of morpholine rings is 1. The number of hydrogen-bond acceptors (Lipinski definition) is 4. The van der Waals surface area contributed by atoms with Crippen LogP contribution < -0.4 is 5.32 Å². The fourth-order valence-corrected chi connectivity index (χ4v) is 3.26. The molecular weight excluding hydrogens is 256 g/mol. The molecule has 0 aliphatic carbocycles. The molecule has 0 unspecified atom stereocenters. The van der Waals surface area contributed by atoms with E-state index in [4.69, 9.17) is 9.15 Å². The van der Waals surface area contributed by atoms with Crippen molar-refractivity contribution in [3.05, 3.63) is 23.2 Å². The van der Waals surface area contributed by atoms with Gasteiger partial charge in [-0.05, 0) is 33.3 Å². The maximum atomic E-state index is 12.3. The molecule has 2 saturated heterocycles. The number of nitrogens with one attached hydrogen (secondary N) is 1. The summed E-state index contributed by atoms with van der Waals surface area (Å²) in [4.78, 5) is 14.7. The van der Waals surface area contributed by atoms with Gasteiger partial charge in [0.05, 0.1) is 18.3 Å². The summed E-state index contributed by atoms with van der Waals surface area (Å²) >= 11 is 0. The van der Waals surface area contributed by atoms with Crippen LogP contribution in [0.5, 0.6) is 0 Å². The van der Waals surface area contributed by atoms with E-state index in [1.807, 2.05) is 13.8 Å². The first-order valence-electron chi connectivity index (χ1n) is 7.26. The van der Waals surface area contributed by atoms with E-state index in [0.717, 1.165) is 31.9 Å². The van der Waals surface area contributed by atoms with Gasteiger partial charge in [-0.2, -0.15) is 0 Å². The Morgan fingerprint density at radius 3 is 2.90 bits per heavy atom. The van der Waals surface area contributed by atoms with E-state index >= 15 is 0 Å². The van der Waals surface area contributed by atoms with Crippen molar-refractivity contribution >= 4 is 5.91 Å². The van der Waals surface area contributed by atoms with E-state index in [-0.39, 0.29) is 11.9 Å². The molecule has 3 atom stereocenters. The van der Waals surface area contributed by atoms with Gasteiger partial charge in [0, 0.05) is 25.2 Å². The van der Waals surface area contributed by atoms with Crippen molar-refractivity contribution in [2.45, 2.75) is 45.4 Å². The van der Waals surface area contributed by atoms with Gasteiger partial charge >= 0.3 is 0 Å². The highest BCUT2D eigenvalue weighted by Crippen LogP contribution is 2.23. The Morgan fingerprint density at radius 1 is 1.40 bits per heavy atom. The first kappa shape index (κ1) is 13.6. The Hall–Kier alpha value is -1.33. The van der Waals surface area contributed by atoms with Crippen LogP contribution in [-0.2, 0) is 4.74 Å². The lowest BCUT2D eigenvalue weighted by Gasteiger charge is -2.33. The lowest BCUT2D eigenvalue weighted by molar-refractivity contribution is -0.0390. The van der Waals surface area contributed by atoms with Crippen molar-refractivity contribution in [2.24, 2.45) is 0 Å². The smallest absolute Gasteiger partial charge is 0.255 e. The average molecular weight is 278 g/mol. The molecule has 2 fully saturated rings. The van der Waals surface area contributed by atoms with Gasteiger partial charge in [-0.25, -0.2) is 0 Å². The molecule has 1 aromatic rings. The zero-order valence-corrected chi connectivity index (χ0v) is 12.3. The Balaban J connectivity index is 1.62. The van der Waals surface area contributed by atoms with Crippen LogP contribution in [-0.4, -0.2) is 48.7 Å². The fourth-order valence-electron chi connectivity index (χ4n) is 3.26. The summed E-state index contributed by atoms with van der Waals surface area (Å²) in [5.41, 5.74) is 0.650. The molecule has 110 valence electrons.